The number of ether oxygens (including phenoxy) is 1. The smallest absolute Gasteiger partial charge is 0.0700 e. The van der Waals surface area contributed by atoms with Gasteiger partial charge < -0.3 is 10.1 Å². The molecule has 1 unspecified atom stereocenters. The molecule has 1 saturated heterocycles. The van der Waals surface area contributed by atoms with Crippen LogP contribution in [0, 0.1) is 5.92 Å². The van der Waals surface area contributed by atoms with Gasteiger partial charge in [-0.05, 0) is 18.8 Å². The number of hydrogen-bond acceptors (Lipinski definition) is 2. The fourth-order valence-electron chi connectivity index (χ4n) is 1.63. The zero-order valence-corrected chi connectivity index (χ0v) is 7.01. The average molecular weight is 155 g/mol. The zero-order valence-electron chi connectivity index (χ0n) is 7.01. The van der Waals surface area contributed by atoms with E-state index >= 15 is 0 Å². The Hall–Kier alpha value is -0.0800. The second-order valence-electron chi connectivity index (χ2n) is 3.72. The largest absolute Gasteiger partial charge is 0.376 e. The van der Waals surface area contributed by atoms with E-state index in [0.717, 1.165) is 25.6 Å². The van der Waals surface area contributed by atoms with Crippen molar-refractivity contribution in [1.82, 2.24) is 5.32 Å². The minimum absolute atomic E-state index is 0.518. The predicted octanol–water partition coefficient (Wildman–Crippen LogP) is 1.17. The van der Waals surface area contributed by atoms with Crippen LogP contribution in [0.3, 0.4) is 0 Å². The monoisotopic (exact) mass is 155 g/mol. The van der Waals surface area contributed by atoms with Crippen molar-refractivity contribution in [3.8, 4) is 0 Å². The van der Waals surface area contributed by atoms with Crippen LogP contribution < -0.4 is 5.32 Å². The molecule has 2 heteroatoms. The molecular weight excluding hydrogens is 138 g/mol. The maximum absolute atomic E-state index is 5.59. The van der Waals surface area contributed by atoms with E-state index in [9.17, 15) is 0 Å². The topological polar surface area (TPSA) is 21.3 Å². The molecule has 11 heavy (non-hydrogen) atoms. The van der Waals surface area contributed by atoms with Gasteiger partial charge in [0.05, 0.1) is 12.7 Å². The predicted molar refractivity (Wildman–Crippen MR) is 44.6 cm³/mol. The van der Waals surface area contributed by atoms with Crippen LogP contribution in [0.1, 0.15) is 25.7 Å². The first kappa shape index (κ1) is 7.56. The first-order valence-corrected chi connectivity index (χ1v) is 4.77. The Balaban J connectivity index is 1.59. The van der Waals surface area contributed by atoms with E-state index in [-0.39, 0.29) is 0 Å². The van der Waals surface area contributed by atoms with E-state index in [0.29, 0.717) is 6.10 Å². The van der Waals surface area contributed by atoms with Gasteiger partial charge in [0.1, 0.15) is 0 Å². The molecule has 1 atom stereocenters. The van der Waals surface area contributed by atoms with Gasteiger partial charge in [-0.3, -0.25) is 0 Å². The summed E-state index contributed by atoms with van der Waals surface area (Å²) in [6.07, 6.45) is 6.13. The number of rotatable bonds is 3. The van der Waals surface area contributed by atoms with E-state index in [1.807, 2.05) is 0 Å². The molecular formula is C9H17NO. The molecule has 1 heterocycles. The molecule has 2 aliphatic rings. The molecule has 2 nitrogen and oxygen atoms in total. The molecule has 2 rings (SSSR count). The normalized spacial score (nSPS) is 32.2. The van der Waals surface area contributed by atoms with E-state index < -0.39 is 0 Å². The molecule has 0 aromatic carbocycles. The molecule has 1 saturated carbocycles. The Kier molecular flexibility index (Phi) is 2.44. The fourth-order valence-corrected chi connectivity index (χ4v) is 1.63. The van der Waals surface area contributed by atoms with Crippen LogP contribution >= 0.6 is 0 Å². The second-order valence-corrected chi connectivity index (χ2v) is 3.72. The Morgan fingerprint density at radius 3 is 2.82 bits per heavy atom. The van der Waals surface area contributed by atoms with Crippen LogP contribution in [0.2, 0.25) is 0 Å². The third kappa shape index (κ3) is 2.46. The lowest BCUT2D eigenvalue weighted by Gasteiger charge is -2.23. The third-order valence-electron chi connectivity index (χ3n) is 2.60. The summed E-state index contributed by atoms with van der Waals surface area (Å²) < 4.78 is 5.59. The molecule has 1 aliphatic carbocycles. The molecule has 1 N–H and O–H groups in total. The summed E-state index contributed by atoms with van der Waals surface area (Å²) in [5.41, 5.74) is 0. The first-order valence-electron chi connectivity index (χ1n) is 4.77. The van der Waals surface area contributed by atoms with Gasteiger partial charge in [-0.15, -0.1) is 0 Å². The van der Waals surface area contributed by atoms with E-state index in [1.54, 1.807) is 0 Å². The van der Waals surface area contributed by atoms with Crippen molar-refractivity contribution in [2.75, 3.05) is 19.7 Å². The van der Waals surface area contributed by atoms with Gasteiger partial charge in [-0.1, -0.05) is 12.8 Å². The molecule has 1 aliphatic heterocycles. The number of nitrogens with one attached hydrogen (secondary N) is 1. The fraction of sp³-hybridized carbons (Fsp3) is 1.00. The van der Waals surface area contributed by atoms with Crippen molar-refractivity contribution in [3.05, 3.63) is 0 Å². The third-order valence-corrected chi connectivity index (χ3v) is 2.60. The molecule has 0 amide bonds. The van der Waals surface area contributed by atoms with Crippen LogP contribution in [0.25, 0.3) is 0 Å². The van der Waals surface area contributed by atoms with Crippen LogP contribution in [0.15, 0.2) is 0 Å². The highest BCUT2D eigenvalue weighted by molar-refractivity contribution is 4.76. The van der Waals surface area contributed by atoms with Crippen LogP contribution in [-0.4, -0.2) is 25.8 Å². The van der Waals surface area contributed by atoms with E-state index in [1.165, 1.54) is 25.7 Å². The highest BCUT2D eigenvalue weighted by atomic mass is 16.5. The van der Waals surface area contributed by atoms with Crippen molar-refractivity contribution in [3.63, 3.8) is 0 Å². The average Bonchev–Trinajstić information content (AvgIpc) is 2.86. The van der Waals surface area contributed by atoms with Gasteiger partial charge >= 0.3 is 0 Å². The van der Waals surface area contributed by atoms with Crippen molar-refractivity contribution in [2.24, 2.45) is 5.92 Å². The number of hydrogen-bond donors (Lipinski definition) is 1. The van der Waals surface area contributed by atoms with Gasteiger partial charge in [0, 0.05) is 13.1 Å². The van der Waals surface area contributed by atoms with Gasteiger partial charge in [0.25, 0.3) is 0 Å². The van der Waals surface area contributed by atoms with Gasteiger partial charge in [0.2, 0.25) is 0 Å². The van der Waals surface area contributed by atoms with Crippen molar-refractivity contribution < 1.29 is 4.74 Å². The summed E-state index contributed by atoms with van der Waals surface area (Å²) >= 11 is 0. The summed E-state index contributed by atoms with van der Waals surface area (Å²) in [6.45, 7) is 3.03. The molecule has 2 fully saturated rings. The minimum atomic E-state index is 0.518. The molecule has 0 aromatic heterocycles. The first-order chi connectivity index (χ1) is 5.45. The highest BCUT2D eigenvalue weighted by Gasteiger charge is 2.23. The SMILES string of the molecule is C1COC(CCC2CC2)CN1. The van der Waals surface area contributed by atoms with Gasteiger partial charge in [-0.25, -0.2) is 0 Å². The summed E-state index contributed by atoms with van der Waals surface area (Å²) in [6, 6.07) is 0. The van der Waals surface area contributed by atoms with Crippen molar-refractivity contribution in [2.45, 2.75) is 31.8 Å². The molecule has 0 aromatic rings. The second kappa shape index (κ2) is 3.55. The maximum atomic E-state index is 5.59. The zero-order chi connectivity index (χ0) is 7.52. The summed E-state index contributed by atoms with van der Waals surface area (Å²) in [5.74, 6) is 1.06. The Morgan fingerprint density at radius 2 is 2.18 bits per heavy atom. The Labute approximate surface area is 68.3 Å². The standard InChI is InChI=1S/C9H17NO/c1-2-8(1)3-4-9-7-10-5-6-11-9/h8-10H,1-7H2. The van der Waals surface area contributed by atoms with Crippen molar-refractivity contribution in [1.29, 1.82) is 0 Å². The summed E-state index contributed by atoms with van der Waals surface area (Å²) in [4.78, 5) is 0. The highest BCUT2D eigenvalue weighted by Crippen LogP contribution is 2.34. The molecule has 64 valence electrons. The molecule has 0 bridgehead atoms. The molecule has 0 radical (unpaired) electrons. The van der Waals surface area contributed by atoms with Gasteiger partial charge in [0.15, 0.2) is 0 Å². The lowest BCUT2D eigenvalue weighted by Crippen LogP contribution is -2.38. The van der Waals surface area contributed by atoms with E-state index in [4.69, 9.17) is 4.74 Å². The minimum Gasteiger partial charge on any atom is -0.376 e. The molecule has 0 spiro atoms. The Morgan fingerprint density at radius 1 is 1.27 bits per heavy atom. The number of morpholine rings is 1. The Bertz CT molecular complexity index is 117. The van der Waals surface area contributed by atoms with Crippen LogP contribution in [0.5, 0.6) is 0 Å². The lowest BCUT2D eigenvalue weighted by atomic mass is 10.1. The van der Waals surface area contributed by atoms with E-state index in [2.05, 4.69) is 5.32 Å². The van der Waals surface area contributed by atoms with Gasteiger partial charge in [-0.2, -0.15) is 0 Å². The van der Waals surface area contributed by atoms with Crippen molar-refractivity contribution >= 4 is 0 Å². The quantitative estimate of drug-likeness (QED) is 0.660. The van der Waals surface area contributed by atoms with Crippen LogP contribution in [0.4, 0.5) is 0 Å². The maximum Gasteiger partial charge on any atom is 0.0700 e. The summed E-state index contributed by atoms with van der Waals surface area (Å²) in [7, 11) is 0. The lowest BCUT2D eigenvalue weighted by molar-refractivity contribution is 0.0216. The van der Waals surface area contributed by atoms with Crippen LogP contribution in [-0.2, 0) is 4.74 Å². The summed E-state index contributed by atoms with van der Waals surface area (Å²) in [5, 5.41) is 3.35.